The van der Waals surface area contributed by atoms with Gasteiger partial charge in [-0.15, -0.1) is 11.3 Å². The maximum atomic E-state index is 12.3. The van der Waals surface area contributed by atoms with Gasteiger partial charge in [-0.2, -0.15) is 0 Å². The van der Waals surface area contributed by atoms with Crippen molar-refractivity contribution in [3.05, 3.63) is 39.9 Å². The zero-order chi connectivity index (χ0) is 20.0. The number of ether oxygens (including phenoxy) is 2. The van der Waals surface area contributed by atoms with E-state index in [1.807, 2.05) is 26.0 Å². The normalized spacial score (nSPS) is 10.5. The van der Waals surface area contributed by atoms with Gasteiger partial charge >= 0.3 is 11.9 Å². The number of hydrogen-bond donors (Lipinski definition) is 0. The minimum atomic E-state index is -0.578. The number of aromatic nitrogens is 1. The van der Waals surface area contributed by atoms with Gasteiger partial charge in [0.15, 0.2) is 5.78 Å². The molecule has 7 heteroatoms. The lowest BCUT2D eigenvalue weighted by atomic mass is 10.1. The molecule has 0 N–H and O–H groups in total. The molecule has 0 aliphatic rings. The highest BCUT2D eigenvalue weighted by molar-refractivity contribution is 7.17. The van der Waals surface area contributed by atoms with E-state index >= 15 is 0 Å². The fourth-order valence-corrected chi connectivity index (χ4v) is 3.56. The van der Waals surface area contributed by atoms with Crippen LogP contribution in [0.5, 0.6) is 0 Å². The molecule has 0 radical (unpaired) electrons. The number of thiazole rings is 1. The van der Waals surface area contributed by atoms with Gasteiger partial charge in [0.05, 0.1) is 18.7 Å². The fraction of sp³-hybridized carbons (Fsp3) is 0.400. The Labute approximate surface area is 162 Å². The van der Waals surface area contributed by atoms with Crippen LogP contribution in [0.2, 0.25) is 0 Å². The number of carbonyl (C=O) groups excluding carboxylic acids is 3. The van der Waals surface area contributed by atoms with Crippen LogP contribution >= 0.6 is 11.3 Å². The van der Waals surface area contributed by atoms with E-state index in [1.165, 1.54) is 11.3 Å². The lowest BCUT2D eigenvalue weighted by molar-refractivity contribution is -0.144. The summed E-state index contributed by atoms with van der Waals surface area (Å²) in [7, 11) is 0. The highest BCUT2D eigenvalue weighted by Crippen LogP contribution is 2.31. The standard InChI is InChI=1S/C20H23NO5S/c1-5-25-17(23)9-7-15(22)11-26-20(24)18-14(4)21-19(27-18)16-8-6-12(2)10-13(16)3/h6,8,10H,5,7,9,11H2,1-4H3. The molecule has 2 aromatic rings. The second-order valence-electron chi connectivity index (χ2n) is 6.17. The van der Waals surface area contributed by atoms with Crippen molar-refractivity contribution in [1.29, 1.82) is 0 Å². The second-order valence-corrected chi connectivity index (χ2v) is 7.17. The first-order chi connectivity index (χ1) is 12.8. The van der Waals surface area contributed by atoms with E-state index < -0.39 is 11.9 Å². The first-order valence-corrected chi connectivity index (χ1v) is 9.53. The van der Waals surface area contributed by atoms with Crippen LogP contribution in [0.3, 0.4) is 0 Å². The highest BCUT2D eigenvalue weighted by Gasteiger charge is 2.19. The van der Waals surface area contributed by atoms with Crippen molar-refractivity contribution in [2.45, 2.75) is 40.5 Å². The number of Topliss-reactive ketones (excluding diaryl/α,β-unsaturated/α-hetero) is 1. The summed E-state index contributed by atoms with van der Waals surface area (Å²) >= 11 is 1.25. The van der Waals surface area contributed by atoms with E-state index in [9.17, 15) is 14.4 Å². The van der Waals surface area contributed by atoms with Crippen molar-refractivity contribution in [1.82, 2.24) is 4.98 Å². The van der Waals surface area contributed by atoms with Gasteiger partial charge in [-0.1, -0.05) is 23.8 Å². The van der Waals surface area contributed by atoms with Crippen LogP contribution in [0.15, 0.2) is 18.2 Å². The van der Waals surface area contributed by atoms with Crippen LogP contribution < -0.4 is 0 Å². The number of nitrogens with zero attached hydrogens (tertiary/aromatic N) is 1. The molecule has 1 aromatic carbocycles. The van der Waals surface area contributed by atoms with Crippen LogP contribution in [-0.2, 0) is 19.1 Å². The van der Waals surface area contributed by atoms with Crippen molar-refractivity contribution >= 4 is 29.1 Å². The summed E-state index contributed by atoms with van der Waals surface area (Å²) in [5.41, 5.74) is 3.78. The molecule has 0 aliphatic heterocycles. The molecular weight excluding hydrogens is 366 g/mol. The molecule has 2 rings (SSSR count). The summed E-state index contributed by atoms with van der Waals surface area (Å²) in [4.78, 5) is 40.2. The van der Waals surface area contributed by atoms with Gasteiger partial charge in [-0.05, 0) is 33.3 Å². The number of benzene rings is 1. The van der Waals surface area contributed by atoms with E-state index in [2.05, 4.69) is 11.1 Å². The third-order valence-electron chi connectivity index (χ3n) is 3.87. The quantitative estimate of drug-likeness (QED) is 0.639. The molecule has 1 aromatic heterocycles. The molecule has 0 amide bonds. The van der Waals surface area contributed by atoms with Gasteiger partial charge in [0.1, 0.15) is 16.5 Å². The molecule has 0 unspecified atom stereocenters. The Bertz CT molecular complexity index is 856. The smallest absolute Gasteiger partial charge is 0.350 e. The monoisotopic (exact) mass is 389 g/mol. The number of esters is 2. The first-order valence-electron chi connectivity index (χ1n) is 8.71. The van der Waals surface area contributed by atoms with Gasteiger partial charge < -0.3 is 9.47 Å². The lowest BCUT2D eigenvalue weighted by Crippen LogP contribution is -2.15. The van der Waals surface area contributed by atoms with Gasteiger partial charge in [-0.25, -0.2) is 9.78 Å². The molecule has 27 heavy (non-hydrogen) atoms. The molecule has 0 saturated heterocycles. The minimum Gasteiger partial charge on any atom is -0.466 e. The SMILES string of the molecule is CCOC(=O)CCC(=O)COC(=O)c1sc(-c2ccc(C)cc2C)nc1C. The topological polar surface area (TPSA) is 82.6 Å². The summed E-state index contributed by atoms with van der Waals surface area (Å²) in [5.74, 6) is -1.34. The zero-order valence-electron chi connectivity index (χ0n) is 16.0. The zero-order valence-corrected chi connectivity index (χ0v) is 16.8. The van der Waals surface area contributed by atoms with Crippen molar-refractivity contribution in [2.75, 3.05) is 13.2 Å². The van der Waals surface area contributed by atoms with Gasteiger partial charge in [0.2, 0.25) is 0 Å². The van der Waals surface area contributed by atoms with E-state index in [1.54, 1.807) is 13.8 Å². The average molecular weight is 389 g/mol. The molecule has 0 saturated carbocycles. The van der Waals surface area contributed by atoms with Gasteiger partial charge in [-0.3, -0.25) is 9.59 Å². The summed E-state index contributed by atoms with van der Waals surface area (Å²) in [6, 6.07) is 6.04. The van der Waals surface area contributed by atoms with Crippen LogP contribution in [0.4, 0.5) is 0 Å². The average Bonchev–Trinajstić information content (AvgIpc) is 2.99. The number of hydrogen-bond acceptors (Lipinski definition) is 7. The number of rotatable bonds is 8. The van der Waals surface area contributed by atoms with Crippen molar-refractivity contribution in [3.8, 4) is 10.6 Å². The molecule has 0 aliphatic carbocycles. The van der Waals surface area contributed by atoms with Crippen LogP contribution in [0.1, 0.15) is 46.3 Å². The summed E-state index contributed by atoms with van der Waals surface area (Å²) in [5, 5.41) is 0.741. The third-order valence-corrected chi connectivity index (χ3v) is 5.04. The Kier molecular flexibility index (Phi) is 7.24. The van der Waals surface area contributed by atoms with Gasteiger partial charge in [0, 0.05) is 12.0 Å². The number of ketones is 1. The molecule has 6 nitrogen and oxygen atoms in total. The largest absolute Gasteiger partial charge is 0.466 e. The Morgan fingerprint density at radius 3 is 2.48 bits per heavy atom. The highest BCUT2D eigenvalue weighted by atomic mass is 32.1. The Morgan fingerprint density at radius 2 is 1.81 bits per heavy atom. The van der Waals surface area contributed by atoms with E-state index in [0.717, 1.165) is 21.7 Å². The van der Waals surface area contributed by atoms with Crippen LogP contribution in [-0.4, -0.2) is 35.9 Å². The van der Waals surface area contributed by atoms with E-state index in [-0.39, 0.29) is 31.8 Å². The van der Waals surface area contributed by atoms with Gasteiger partial charge in [0.25, 0.3) is 0 Å². The maximum Gasteiger partial charge on any atom is 0.350 e. The van der Waals surface area contributed by atoms with E-state index in [4.69, 9.17) is 9.47 Å². The summed E-state index contributed by atoms with van der Waals surface area (Å²) in [6.07, 6.45) is -0.0255. The second kappa shape index (κ2) is 9.41. The molecule has 0 bridgehead atoms. The third kappa shape index (κ3) is 5.72. The van der Waals surface area contributed by atoms with Crippen molar-refractivity contribution in [2.24, 2.45) is 0 Å². The number of aryl methyl sites for hydroxylation is 3. The molecule has 0 spiro atoms. The first kappa shape index (κ1) is 20.8. The Morgan fingerprint density at radius 1 is 1.07 bits per heavy atom. The predicted molar refractivity (Wildman–Crippen MR) is 103 cm³/mol. The lowest BCUT2D eigenvalue weighted by Gasteiger charge is -2.04. The molecular formula is C20H23NO5S. The molecule has 1 heterocycles. The Balaban J connectivity index is 1.98. The van der Waals surface area contributed by atoms with Crippen molar-refractivity contribution < 1.29 is 23.9 Å². The molecule has 0 fully saturated rings. The minimum absolute atomic E-state index is 0.0123. The molecule has 0 atom stereocenters. The predicted octanol–water partition coefficient (Wildman–Crippen LogP) is 3.80. The van der Waals surface area contributed by atoms with E-state index in [0.29, 0.717) is 10.6 Å². The van der Waals surface area contributed by atoms with Crippen LogP contribution in [0, 0.1) is 20.8 Å². The van der Waals surface area contributed by atoms with Crippen LogP contribution in [0.25, 0.3) is 10.6 Å². The maximum absolute atomic E-state index is 12.3. The van der Waals surface area contributed by atoms with Crippen molar-refractivity contribution in [3.63, 3.8) is 0 Å². The number of carbonyl (C=O) groups is 3. The summed E-state index contributed by atoms with van der Waals surface area (Å²) < 4.78 is 9.85. The Hall–Kier alpha value is -2.54. The summed E-state index contributed by atoms with van der Waals surface area (Å²) in [6.45, 7) is 7.36. The molecule has 144 valence electrons. The fourth-order valence-electron chi connectivity index (χ4n) is 2.51.